The topological polar surface area (TPSA) is 32.3 Å². The van der Waals surface area contributed by atoms with Crippen LogP contribution in [0.25, 0.3) is 0 Å². The number of allylic oxidation sites excluding steroid dienone is 1. The molecule has 1 aliphatic rings. The van der Waals surface area contributed by atoms with Crippen molar-refractivity contribution in [1.82, 2.24) is 5.32 Å². The number of hydrogen-bond donors (Lipinski definition) is 2. The van der Waals surface area contributed by atoms with E-state index in [4.69, 9.17) is 0 Å². The first-order valence-corrected chi connectivity index (χ1v) is 3.94. The Labute approximate surface area is 61.9 Å². The molecule has 0 aromatic heterocycles. The van der Waals surface area contributed by atoms with Crippen LogP contribution in [0.3, 0.4) is 0 Å². The molecule has 2 N–H and O–H groups in total. The average Bonchev–Trinajstić information content (AvgIpc) is 1.79. The molecule has 2 nitrogen and oxygen atoms in total. The van der Waals surface area contributed by atoms with Crippen molar-refractivity contribution in [1.29, 1.82) is 0 Å². The largest absolute Gasteiger partial charge is 0.512 e. The summed E-state index contributed by atoms with van der Waals surface area (Å²) in [4.78, 5) is 0. The Morgan fingerprint density at radius 2 is 2.40 bits per heavy atom. The molecule has 0 saturated carbocycles. The maximum absolute atomic E-state index is 9.32. The second kappa shape index (κ2) is 3.62. The number of nitrogens with one attached hydrogen (secondary N) is 1. The predicted molar refractivity (Wildman–Crippen MR) is 42.0 cm³/mol. The van der Waals surface area contributed by atoms with Gasteiger partial charge in [0.2, 0.25) is 0 Å². The monoisotopic (exact) mass is 141 g/mol. The quantitative estimate of drug-likeness (QED) is 0.583. The summed E-state index contributed by atoms with van der Waals surface area (Å²) >= 11 is 0. The number of aliphatic hydroxyl groups excluding tert-OH is 1. The van der Waals surface area contributed by atoms with Crippen molar-refractivity contribution in [3.63, 3.8) is 0 Å². The summed E-state index contributed by atoms with van der Waals surface area (Å²) in [6.07, 6.45) is 4.05. The first-order valence-electron chi connectivity index (χ1n) is 3.94. The number of hydrogen-bond acceptors (Lipinski definition) is 2. The maximum Gasteiger partial charge on any atom is 0.0939 e. The fourth-order valence-corrected chi connectivity index (χ4v) is 0.957. The molecule has 0 amide bonds. The Bertz CT molecular complexity index is 127. The van der Waals surface area contributed by atoms with E-state index >= 15 is 0 Å². The molecule has 0 atom stereocenters. The Morgan fingerprint density at radius 3 is 2.80 bits per heavy atom. The zero-order valence-corrected chi connectivity index (χ0v) is 6.43. The molecule has 10 heavy (non-hydrogen) atoms. The van der Waals surface area contributed by atoms with E-state index in [2.05, 4.69) is 12.2 Å². The van der Waals surface area contributed by atoms with Crippen LogP contribution in [-0.4, -0.2) is 18.2 Å². The van der Waals surface area contributed by atoms with Gasteiger partial charge in [-0.25, -0.2) is 0 Å². The van der Waals surface area contributed by atoms with Crippen molar-refractivity contribution in [2.45, 2.75) is 19.8 Å². The van der Waals surface area contributed by atoms with E-state index in [-0.39, 0.29) is 0 Å². The second-order valence-electron chi connectivity index (χ2n) is 2.77. The molecular weight excluding hydrogens is 126 g/mol. The highest BCUT2D eigenvalue weighted by Crippen LogP contribution is 2.13. The summed E-state index contributed by atoms with van der Waals surface area (Å²) in [5.41, 5.74) is 0. The van der Waals surface area contributed by atoms with Gasteiger partial charge in [-0.15, -0.1) is 0 Å². The molecule has 0 aromatic carbocycles. The fourth-order valence-electron chi connectivity index (χ4n) is 0.957. The van der Waals surface area contributed by atoms with Crippen LogP contribution in [0.2, 0.25) is 0 Å². The summed E-state index contributed by atoms with van der Waals surface area (Å²) in [6, 6.07) is 0. The Hall–Kier alpha value is -0.500. The van der Waals surface area contributed by atoms with Gasteiger partial charge in [0, 0.05) is 19.0 Å². The zero-order valence-electron chi connectivity index (χ0n) is 6.43. The van der Waals surface area contributed by atoms with Gasteiger partial charge in [-0.1, -0.05) is 13.3 Å². The molecule has 58 valence electrons. The summed E-state index contributed by atoms with van der Waals surface area (Å²) in [5, 5.41) is 12.4. The molecule has 0 spiro atoms. The van der Waals surface area contributed by atoms with E-state index in [0.29, 0.717) is 11.7 Å². The summed E-state index contributed by atoms with van der Waals surface area (Å²) in [5.74, 6) is 0.993. The number of rotatable bonds is 3. The van der Waals surface area contributed by atoms with Crippen LogP contribution < -0.4 is 5.32 Å². The lowest BCUT2D eigenvalue weighted by Crippen LogP contribution is -2.42. The van der Waals surface area contributed by atoms with Gasteiger partial charge in [0.1, 0.15) is 0 Å². The molecule has 1 heterocycles. The van der Waals surface area contributed by atoms with Gasteiger partial charge in [0.15, 0.2) is 0 Å². The van der Waals surface area contributed by atoms with E-state index in [1.54, 1.807) is 0 Å². The third kappa shape index (κ3) is 1.74. The summed E-state index contributed by atoms with van der Waals surface area (Å²) in [7, 11) is 0. The lowest BCUT2D eigenvalue weighted by molar-refractivity contribution is 0.264. The molecule has 0 unspecified atom stereocenters. The van der Waals surface area contributed by atoms with Crippen LogP contribution in [0.15, 0.2) is 11.8 Å². The fraction of sp³-hybridized carbons (Fsp3) is 0.750. The number of aliphatic hydroxyl groups is 1. The SMILES string of the molecule is CCC/C=C(\O)C1CNC1. The molecule has 1 fully saturated rings. The first-order chi connectivity index (χ1) is 4.84. The Kier molecular flexibility index (Phi) is 2.75. The van der Waals surface area contributed by atoms with Crippen LogP contribution >= 0.6 is 0 Å². The summed E-state index contributed by atoms with van der Waals surface area (Å²) in [6.45, 7) is 4.01. The van der Waals surface area contributed by atoms with Crippen molar-refractivity contribution in [3.05, 3.63) is 11.8 Å². The van der Waals surface area contributed by atoms with Crippen molar-refractivity contribution >= 4 is 0 Å². The molecular formula is C8H15NO. The van der Waals surface area contributed by atoms with E-state index in [9.17, 15) is 5.11 Å². The summed E-state index contributed by atoms with van der Waals surface area (Å²) < 4.78 is 0. The molecule has 1 aliphatic heterocycles. The van der Waals surface area contributed by atoms with Crippen molar-refractivity contribution in [2.75, 3.05) is 13.1 Å². The van der Waals surface area contributed by atoms with Crippen LogP contribution in [0.1, 0.15) is 19.8 Å². The number of unbranched alkanes of at least 4 members (excludes halogenated alkanes) is 1. The van der Waals surface area contributed by atoms with Crippen LogP contribution in [0, 0.1) is 5.92 Å². The van der Waals surface area contributed by atoms with Gasteiger partial charge in [0.25, 0.3) is 0 Å². The lowest BCUT2D eigenvalue weighted by Gasteiger charge is -2.26. The Morgan fingerprint density at radius 1 is 1.70 bits per heavy atom. The lowest BCUT2D eigenvalue weighted by atomic mass is 10.0. The normalized spacial score (nSPS) is 20.7. The third-order valence-corrected chi connectivity index (χ3v) is 1.84. The maximum atomic E-state index is 9.32. The highest BCUT2D eigenvalue weighted by Gasteiger charge is 2.19. The van der Waals surface area contributed by atoms with Gasteiger partial charge in [-0.2, -0.15) is 0 Å². The zero-order chi connectivity index (χ0) is 7.40. The van der Waals surface area contributed by atoms with E-state index in [1.165, 1.54) is 0 Å². The van der Waals surface area contributed by atoms with Crippen molar-refractivity contribution in [2.24, 2.45) is 5.92 Å². The minimum atomic E-state index is 0.409. The van der Waals surface area contributed by atoms with Crippen molar-refractivity contribution < 1.29 is 5.11 Å². The third-order valence-electron chi connectivity index (χ3n) is 1.84. The van der Waals surface area contributed by atoms with E-state index < -0.39 is 0 Å². The molecule has 0 bridgehead atoms. The molecule has 2 heteroatoms. The van der Waals surface area contributed by atoms with Crippen LogP contribution in [0.5, 0.6) is 0 Å². The van der Waals surface area contributed by atoms with Gasteiger partial charge in [-0.05, 0) is 12.5 Å². The first kappa shape index (κ1) is 7.61. The van der Waals surface area contributed by atoms with Gasteiger partial charge in [0.05, 0.1) is 5.76 Å². The van der Waals surface area contributed by atoms with E-state index in [1.807, 2.05) is 6.08 Å². The van der Waals surface area contributed by atoms with Gasteiger partial charge in [-0.3, -0.25) is 0 Å². The van der Waals surface area contributed by atoms with E-state index in [0.717, 1.165) is 25.9 Å². The second-order valence-corrected chi connectivity index (χ2v) is 2.77. The smallest absolute Gasteiger partial charge is 0.0939 e. The minimum Gasteiger partial charge on any atom is -0.512 e. The minimum absolute atomic E-state index is 0.409. The molecule has 0 aromatic rings. The van der Waals surface area contributed by atoms with Crippen LogP contribution in [0.4, 0.5) is 0 Å². The highest BCUT2D eigenvalue weighted by molar-refractivity contribution is 5.02. The predicted octanol–water partition coefficient (Wildman–Crippen LogP) is 1.45. The standard InChI is InChI=1S/C8H15NO/c1-2-3-4-8(10)7-5-9-6-7/h4,7,9-10H,2-3,5-6H2,1H3/b8-4-. The molecule has 1 saturated heterocycles. The Balaban J connectivity index is 2.23. The van der Waals surface area contributed by atoms with Crippen molar-refractivity contribution in [3.8, 4) is 0 Å². The highest BCUT2D eigenvalue weighted by atomic mass is 16.3. The van der Waals surface area contributed by atoms with Crippen LogP contribution in [-0.2, 0) is 0 Å². The average molecular weight is 141 g/mol. The molecule has 0 radical (unpaired) electrons. The molecule has 1 rings (SSSR count). The molecule has 0 aliphatic carbocycles. The van der Waals surface area contributed by atoms with Gasteiger partial charge >= 0.3 is 0 Å². The van der Waals surface area contributed by atoms with Gasteiger partial charge < -0.3 is 10.4 Å².